The molecule has 1 aliphatic rings. The van der Waals surface area contributed by atoms with Crippen molar-refractivity contribution in [2.75, 3.05) is 5.32 Å². The third-order valence-corrected chi connectivity index (χ3v) is 8.19. The first-order valence-corrected chi connectivity index (χ1v) is 14.5. The largest absolute Gasteiger partial charge is 0.478 e. The predicted octanol–water partition coefficient (Wildman–Crippen LogP) is 4.07. The highest BCUT2D eigenvalue weighted by atomic mass is 32.1. The topological polar surface area (TPSA) is 168 Å². The number of carbonyl (C=O) groups is 4. The number of hydrogen-bond donors (Lipinski definition) is 4. The van der Waals surface area contributed by atoms with Gasteiger partial charge in [-0.3, -0.25) is 19.7 Å². The number of fused-ring (bicyclic) bond motifs is 2. The Morgan fingerprint density at radius 1 is 1.04 bits per heavy atom. The summed E-state index contributed by atoms with van der Waals surface area (Å²) in [6.45, 7) is 1.56. The SMILES string of the molecule is Cc1c(C(=O)O)ccc2c1CC[C@@H]2NC(=O)c1cc(C(=O)NCc2ccc(F)c(F)c2)nc2c(C(=O)Nc3nccs3)cnn12. The molecule has 6 rings (SSSR count). The minimum atomic E-state index is -1.07. The first-order valence-electron chi connectivity index (χ1n) is 13.6. The van der Waals surface area contributed by atoms with Crippen molar-refractivity contribution in [2.45, 2.75) is 32.4 Å². The van der Waals surface area contributed by atoms with Gasteiger partial charge in [-0.05, 0) is 60.2 Å². The van der Waals surface area contributed by atoms with Crippen LogP contribution >= 0.6 is 11.3 Å². The molecule has 2 aromatic carbocycles. The number of anilines is 1. The van der Waals surface area contributed by atoms with Crippen LogP contribution in [0.4, 0.5) is 13.9 Å². The number of nitrogens with zero attached hydrogens (tertiary/aromatic N) is 4. The Hall–Kier alpha value is -5.57. The molecule has 3 amide bonds. The molecule has 0 radical (unpaired) electrons. The Balaban J connectivity index is 1.33. The van der Waals surface area contributed by atoms with Gasteiger partial charge in [0.05, 0.1) is 17.8 Å². The van der Waals surface area contributed by atoms with E-state index in [4.69, 9.17) is 0 Å². The summed E-state index contributed by atoms with van der Waals surface area (Å²) in [5.74, 6) is -5.12. The number of nitrogens with one attached hydrogen (secondary N) is 3. The van der Waals surface area contributed by atoms with Crippen LogP contribution in [0.3, 0.4) is 0 Å². The number of amides is 3. The van der Waals surface area contributed by atoms with Crippen LogP contribution in [0.1, 0.15) is 76.4 Å². The van der Waals surface area contributed by atoms with Gasteiger partial charge in [-0.2, -0.15) is 5.10 Å². The molecule has 45 heavy (non-hydrogen) atoms. The Kier molecular flexibility index (Phi) is 7.76. The van der Waals surface area contributed by atoms with Crippen molar-refractivity contribution >= 4 is 45.8 Å². The van der Waals surface area contributed by atoms with Crippen LogP contribution in [0, 0.1) is 18.6 Å². The zero-order valence-corrected chi connectivity index (χ0v) is 24.2. The number of hydrogen-bond acceptors (Lipinski definition) is 8. The first kappa shape index (κ1) is 29.5. The molecule has 3 aromatic heterocycles. The summed E-state index contributed by atoms with van der Waals surface area (Å²) >= 11 is 1.19. The lowest BCUT2D eigenvalue weighted by Gasteiger charge is -2.16. The normalized spacial score (nSPS) is 13.8. The molecule has 0 saturated heterocycles. The minimum absolute atomic E-state index is 0.0301. The van der Waals surface area contributed by atoms with Crippen LogP contribution in [0.2, 0.25) is 0 Å². The van der Waals surface area contributed by atoms with Crippen molar-refractivity contribution in [3.05, 3.63) is 111 Å². The molecule has 0 saturated carbocycles. The summed E-state index contributed by atoms with van der Waals surface area (Å²) in [5, 5.41) is 23.8. The lowest BCUT2D eigenvalue weighted by atomic mass is 9.98. The van der Waals surface area contributed by atoms with E-state index in [0.717, 1.165) is 27.8 Å². The number of carbonyl (C=O) groups excluding carboxylic acids is 3. The second-order valence-electron chi connectivity index (χ2n) is 10.2. The highest BCUT2D eigenvalue weighted by molar-refractivity contribution is 7.13. The molecule has 0 bridgehead atoms. The molecule has 5 aromatic rings. The Labute approximate surface area is 257 Å². The molecule has 1 aliphatic carbocycles. The summed E-state index contributed by atoms with van der Waals surface area (Å²) in [7, 11) is 0. The van der Waals surface area contributed by atoms with Gasteiger partial charge in [-0.15, -0.1) is 11.3 Å². The van der Waals surface area contributed by atoms with Gasteiger partial charge in [0.25, 0.3) is 17.7 Å². The molecule has 1 atom stereocenters. The average Bonchev–Trinajstić information content (AvgIpc) is 3.78. The molecule has 0 spiro atoms. The first-order chi connectivity index (χ1) is 21.6. The summed E-state index contributed by atoms with van der Waals surface area (Å²) in [4.78, 5) is 60.0. The third kappa shape index (κ3) is 5.72. The van der Waals surface area contributed by atoms with Crippen molar-refractivity contribution in [2.24, 2.45) is 0 Å². The van der Waals surface area contributed by atoms with Crippen molar-refractivity contribution < 1.29 is 33.1 Å². The zero-order chi connectivity index (χ0) is 31.8. The molecule has 4 N–H and O–H groups in total. The van der Waals surface area contributed by atoms with Gasteiger partial charge in [0.2, 0.25) is 0 Å². The van der Waals surface area contributed by atoms with Gasteiger partial charge in [0.1, 0.15) is 17.0 Å². The fourth-order valence-corrected chi connectivity index (χ4v) is 5.79. The molecule has 15 heteroatoms. The molecule has 0 aliphatic heterocycles. The summed E-state index contributed by atoms with van der Waals surface area (Å²) in [6, 6.07) is 7.14. The third-order valence-electron chi connectivity index (χ3n) is 7.50. The van der Waals surface area contributed by atoms with E-state index in [1.807, 2.05) is 0 Å². The standard InChI is InChI=1S/C30H23F2N7O5S/c1-14-16-5-7-22(18(16)4-3-17(14)29(43)44)37-28(42)24-11-23(27(41)34-12-15-2-6-20(31)21(32)10-15)36-25-19(13-35-39(24)25)26(40)38-30-33-8-9-45-30/h2-4,6,8-11,13,22H,5,7,12H2,1H3,(H,34,41)(H,37,42)(H,43,44)(H,33,38,40)/t22-/m0/s1. The second-order valence-corrected chi connectivity index (χ2v) is 11.1. The molecule has 0 fully saturated rings. The average molecular weight is 632 g/mol. The molecule has 0 unspecified atom stereocenters. The van der Waals surface area contributed by atoms with Crippen LogP contribution in [0.15, 0.2) is 54.2 Å². The number of carboxylic acid groups (broad SMARTS) is 1. The lowest BCUT2D eigenvalue weighted by molar-refractivity contribution is 0.0695. The van der Waals surface area contributed by atoms with E-state index < -0.39 is 41.4 Å². The highest BCUT2D eigenvalue weighted by Crippen LogP contribution is 2.35. The van der Waals surface area contributed by atoms with Gasteiger partial charge < -0.3 is 15.7 Å². The van der Waals surface area contributed by atoms with E-state index >= 15 is 0 Å². The van der Waals surface area contributed by atoms with Gasteiger partial charge in [0.15, 0.2) is 22.4 Å². The number of halogens is 2. The summed E-state index contributed by atoms with van der Waals surface area (Å²) in [5.41, 5.74) is 2.30. The van der Waals surface area contributed by atoms with E-state index in [1.165, 1.54) is 41.9 Å². The van der Waals surface area contributed by atoms with Gasteiger partial charge >= 0.3 is 5.97 Å². The van der Waals surface area contributed by atoms with Crippen LogP contribution in [-0.4, -0.2) is 48.4 Å². The van der Waals surface area contributed by atoms with Gasteiger partial charge in [-0.1, -0.05) is 12.1 Å². The Morgan fingerprint density at radius 2 is 1.87 bits per heavy atom. The van der Waals surface area contributed by atoms with Crippen LogP contribution in [0.25, 0.3) is 5.65 Å². The fourth-order valence-electron chi connectivity index (χ4n) is 5.27. The van der Waals surface area contributed by atoms with Crippen molar-refractivity contribution in [1.29, 1.82) is 0 Å². The van der Waals surface area contributed by atoms with Crippen molar-refractivity contribution in [1.82, 2.24) is 30.2 Å². The fraction of sp³-hybridized carbons (Fsp3) is 0.167. The molecule has 228 valence electrons. The molecule has 12 nitrogen and oxygen atoms in total. The minimum Gasteiger partial charge on any atom is -0.478 e. The smallest absolute Gasteiger partial charge is 0.335 e. The predicted molar refractivity (Wildman–Crippen MR) is 157 cm³/mol. The number of aromatic carboxylic acids is 1. The quantitative estimate of drug-likeness (QED) is 0.199. The monoisotopic (exact) mass is 631 g/mol. The molecular weight excluding hydrogens is 608 g/mol. The van der Waals surface area contributed by atoms with Crippen LogP contribution < -0.4 is 16.0 Å². The number of thiazole rings is 1. The van der Waals surface area contributed by atoms with Crippen LogP contribution in [0.5, 0.6) is 0 Å². The van der Waals surface area contributed by atoms with E-state index in [0.29, 0.717) is 23.5 Å². The number of carboxylic acids is 1. The van der Waals surface area contributed by atoms with Crippen molar-refractivity contribution in [3.8, 4) is 0 Å². The Bertz CT molecular complexity index is 2010. The number of rotatable bonds is 8. The number of benzene rings is 2. The van der Waals surface area contributed by atoms with Crippen LogP contribution in [-0.2, 0) is 13.0 Å². The van der Waals surface area contributed by atoms with Crippen molar-refractivity contribution in [3.63, 3.8) is 0 Å². The van der Waals surface area contributed by atoms with E-state index in [-0.39, 0.29) is 40.3 Å². The Morgan fingerprint density at radius 3 is 2.60 bits per heavy atom. The second kappa shape index (κ2) is 11.8. The van der Waals surface area contributed by atoms with E-state index in [1.54, 1.807) is 18.4 Å². The highest BCUT2D eigenvalue weighted by Gasteiger charge is 2.29. The molecule has 3 heterocycles. The molecular formula is C30H23F2N7O5S. The maximum atomic E-state index is 13.7. The lowest BCUT2D eigenvalue weighted by Crippen LogP contribution is -2.31. The van der Waals surface area contributed by atoms with Gasteiger partial charge in [0, 0.05) is 24.2 Å². The van der Waals surface area contributed by atoms with E-state index in [9.17, 15) is 33.1 Å². The zero-order valence-electron chi connectivity index (χ0n) is 23.4. The maximum absolute atomic E-state index is 13.7. The summed E-state index contributed by atoms with van der Waals surface area (Å²) < 4.78 is 28.2. The summed E-state index contributed by atoms with van der Waals surface area (Å²) in [6.07, 6.45) is 3.80. The van der Waals surface area contributed by atoms with E-state index in [2.05, 4.69) is 31.0 Å². The van der Waals surface area contributed by atoms with Gasteiger partial charge in [-0.25, -0.2) is 28.1 Å². The number of aromatic nitrogens is 4. The maximum Gasteiger partial charge on any atom is 0.335 e.